The van der Waals surface area contributed by atoms with Crippen molar-refractivity contribution < 1.29 is 9.21 Å². The molecule has 4 heteroatoms. The molecule has 1 atom stereocenters. The molecule has 98 valence electrons. The summed E-state index contributed by atoms with van der Waals surface area (Å²) >= 11 is 0. The molecule has 1 aromatic heterocycles. The van der Waals surface area contributed by atoms with Gasteiger partial charge in [-0.2, -0.15) is 0 Å². The number of hydrogen-bond donors (Lipinski definition) is 1. The minimum atomic E-state index is -0.0715. The first-order valence-corrected chi connectivity index (χ1v) is 6.82. The highest BCUT2D eigenvalue weighted by molar-refractivity contribution is 5.84. The van der Waals surface area contributed by atoms with Gasteiger partial charge in [-0.3, -0.25) is 9.69 Å². The molecular weight excluding hydrogens is 228 g/mol. The highest BCUT2D eigenvalue weighted by Crippen LogP contribution is 2.38. The van der Waals surface area contributed by atoms with Gasteiger partial charge in [0, 0.05) is 6.54 Å². The Hall–Kier alpha value is -1.29. The Labute approximate surface area is 107 Å². The topological polar surface area (TPSA) is 45.5 Å². The maximum absolute atomic E-state index is 12.0. The number of furan rings is 1. The van der Waals surface area contributed by atoms with Crippen molar-refractivity contribution in [2.45, 2.75) is 32.2 Å². The first-order valence-electron chi connectivity index (χ1n) is 6.82. The van der Waals surface area contributed by atoms with E-state index in [9.17, 15) is 4.79 Å². The number of rotatable bonds is 2. The molecule has 2 aliphatic rings. The molecule has 1 aromatic rings. The second-order valence-electron chi connectivity index (χ2n) is 5.50. The molecule has 0 radical (unpaired) electrons. The van der Waals surface area contributed by atoms with E-state index in [0.717, 1.165) is 57.6 Å². The van der Waals surface area contributed by atoms with E-state index < -0.39 is 0 Å². The summed E-state index contributed by atoms with van der Waals surface area (Å²) in [5.41, 5.74) is -0.0715. The largest absolute Gasteiger partial charge is 0.468 e. The van der Waals surface area contributed by atoms with Crippen molar-refractivity contribution in [2.24, 2.45) is 5.41 Å². The van der Waals surface area contributed by atoms with E-state index in [1.807, 2.05) is 12.1 Å². The van der Waals surface area contributed by atoms with Crippen LogP contribution in [0.4, 0.5) is 0 Å². The number of nitrogens with one attached hydrogen (secondary N) is 1. The van der Waals surface area contributed by atoms with Crippen molar-refractivity contribution in [3.63, 3.8) is 0 Å². The summed E-state index contributed by atoms with van der Waals surface area (Å²) in [5, 5.41) is 2.99. The summed E-state index contributed by atoms with van der Waals surface area (Å²) in [5.74, 6) is 1.30. The fraction of sp³-hybridized carbons (Fsp3) is 0.643. The molecule has 2 saturated heterocycles. The summed E-state index contributed by atoms with van der Waals surface area (Å²) in [6, 6.07) is 3.95. The minimum Gasteiger partial charge on any atom is -0.468 e. The monoisotopic (exact) mass is 248 g/mol. The molecule has 0 saturated carbocycles. The molecule has 0 aliphatic carbocycles. The molecule has 0 bridgehead atoms. The Balaban J connectivity index is 1.63. The SMILES string of the molecule is O=C1NCC[C@]12CCCN(Cc1ccco1)CC2. The number of amides is 1. The molecule has 3 rings (SSSR count). The Bertz CT molecular complexity index is 415. The average molecular weight is 248 g/mol. The summed E-state index contributed by atoms with van der Waals surface area (Å²) in [6.07, 6.45) is 5.86. The van der Waals surface area contributed by atoms with Crippen LogP contribution in [0.5, 0.6) is 0 Å². The second kappa shape index (κ2) is 4.76. The molecule has 0 unspecified atom stereocenters. The smallest absolute Gasteiger partial charge is 0.226 e. The molecular formula is C14H20N2O2. The Morgan fingerprint density at radius 1 is 1.33 bits per heavy atom. The minimum absolute atomic E-state index is 0.0715. The van der Waals surface area contributed by atoms with Gasteiger partial charge in [0.2, 0.25) is 5.91 Å². The summed E-state index contributed by atoms with van der Waals surface area (Å²) in [6.45, 7) is 3.78. The van der Waals surface area contributed by atoms with Gasteiger partial charge in [0.15, 0.2) is 0 Å². The second-order valence-corrected chi connectivity index (χ2v) is 5.50. The van der Waals surface area contributed by atoms with Crippen LogP contribution in [0.15, 0.2) is 22.8 Å². The first-order chi connectivity index (χ1) is 8.78. The summed E-state index contributed by atoms with van der Waals surface area (Å²) < 4.78 is 5.39. The van der Waals surface area contributed by atoms with Gasteiger partial charge in [-0.15, -0.1) is 0 Å². The number of nitrogens with zero attached hydrogens (tertiary/aromatic N) is 1. The van der Waals surface area contributed by atoms with Crippen LogP contribution in [-0.4, -0.2) is 30.4 Å². The lowest BCUT2D eigenvalue weighted by atomic mass is 9.79. The van der Waals surface area contributed by atoms with Gasteiger partial charge in [0.1, 0.15) is 5.76 Å². The molecule has 1 N–H and O–H groups in total. The quantitative estimate of drug-likeness (QED) is 0.867. The molecule has 18 heavy (non-hydrogen) atoms. The lowest BCUT2D eigenvalue weighted by Crippen LogP contribution is -2.32. The van der Waals surface area contributed by atoms with E-state index >= 15 is 0 Å². The zero-order chi connectivity index (χ0) is 12.4. The average Bonchev–Trinajstić information content (AvgIpc) is 2.92. The predicted molar refractivity (Wildman–Crippen MR) is 67.9 cm³/mol. The molecule has 3 heterocycles. The van der Waals surface area contributed by atoms with Crippen LogP contribution in [0.2, 0.25) is 0 Å². The number of hydrogen-bond acceptors (Lipinski definition) is 3. The van der Waals surface area contributed by atoms with Crippen LogP contribution in [0.25, 0.3) is 0 Å². The van der Waals surface area contributed by atoms with Gasteiger partial charge in [-0.05, 0) is 50.9 Å². The van der Waals surface area contributed by atoms with Crippen LogP contribution >= 0.6 is 0 Å². The molecule has 1 amide bonds. The van der Waals surface area contributed by atoms with Crippen molar-refractivity contribution >= 4 is 5.91 Å². The third-order valence-electron chi connectivity index (χ3n) is 4.37. The van der Waals surface area contributed by atoms with Crippen LogP contribution in [-0.2, 0) is 11.3 Å². The van der Waals surface area contributed by atoms with Crippen LogP contribution in [0.1, 0.15) is 31.4 Å². The van der Waals surface area contributed by atoms with Gasteiger partial charge in [-0.1, -0.05) is 0 Å². The Kier molecular flexibility index (Phi) is 3.12. The molecule has 2 fully saturated rings. The number of carbonyl (C=O) groups excluding carboxylic acids is 1. The van der Waals surface area contributed by atoms with Gasteiger partial charge in [-0.25, -0.2) is 0 Å². The van der Waals surface area contributed by atoms with Crippen LogP contribution in [0, 0.1) is 5.41 Å². The van der Waals surface area contributed by atoms with Crippen molar-refractivity contribution in [3.05, 3.63) is 24.2 Å². The number of carbonyl (C=O) groups is 1. The van der Waals surface area contributed by atoms with Crippen molar-refractivity contribution in [3.8, 4) is 0 Å². The highest BCUT2D eigenvalue weighted by atomic mass is 16.3. The molecule has 4 nitrogen and oxygen atoms in total. The Morgan fingerprint density at radius 3 is 3.00 bits per heavy atom. The lowest BCUT2D eigenvalue weighted by Gasteiger charge is -2.24. The predicted octanol–water partition coefficient (Wildman–Crippen LogP) is 1.77. The maximum atomic E-state index is 12.0. The van der Waals surface area contributed by atoms with E-state index in [4.69, 9.17) is 4.42 Å². The fourth-order valence-electron chi connectivity index (χ4n) is 3.22. The number of likely N-dealkylation sites (tertiary alicyclic amines) is 1. The van der Waals surface area contributed by atoms with E-state index in [1.54, 1.807) is 6.26 Å². The fourth-order valence-corrected chi connectivity index (χ4v) is 3.22. The van der Waals surface area contributed by atoms with E-state index in [0.29, 0.717) is 0 Å². The Morgan fingerprint density at radius 2 is 2.28 bits per heavy atom. The third-order valence-corrected chi connectivity index (χ3v) is 4.37. The molecule has 0 aromatic carbocycles. The van der Waals surface area contributed by atoms with Gasteiger partial charge >= 0.3 is 0 Å². The highest BCUT2D eigenvalue weighted by Gasteiger charge is 2.42. The lowest BCUT2D eigenvalue weighted by molar-refractivity contribution is -0.128. The van der Waals surface area contributed by atoms with E-state index in [2.05, 4.69) is 10.2 Å². The van der Waals surface area contributed by atoms with Gasteiger partial charge in [0.05, 0.1) is 18.2 Å². The molecule has 1 spiro atoms. The van der Waals surface area contributed by atoms with E-state index in [-0.39, 0.29) is 11.3 Å². The summed E-state index contributed by atoms with van der Waals surface area (Å²) in [7, 11) is 0. The van der Waals surface area contributed by atoms with E-state index in [1.165, 1.54) is 0 Å². The normalized spacial score (nSPS) is 29.4. The first kappa shape index (κ1) is 11.8. The van der Waals surface area contributed by atoms with Crippen LogP contribution in [0.3, 0.4) is 0 Å². The van der Waals surface area contributed by atoms with Crippen LogP contribution < -0.4 is 5.32 Å². The summed E-state index contributed by atoms with van der Waals surface area (Å²) in [4.78, 5) is 14.4. The van der Waals surface area contributed by atoms with Gasteiger partial charge in [0.25, 0.3) is 0 Å². The maximum Gasteiger partial charge on any atom is 0.226 e. The van der Waals surface area contributed by atoms with Crippen molar-refractivity contribution in [2.75, 3.05) is 19.6 Å². The van der Waals surface area contributed by atoms with Crippen molar-refractivity contribution in [1.29, 1.82) is 0 Å². The van der Waals surface area contributed by atoms with Crippen molar-refractivity contribution in [1.82, 2.24) is 10.2 Å². The van der Waals surface area contributed by atoms with Gasteiger partial charge < -0.3 is 9.73 Å². The zero-order valence-corrected chi connectivity index (χ0v) is 10.7. The zero-order valence-electron chi connectivity index (χ0n) is 10.7. The standard InChI is InChI=1S/C14H20N2O2/c17-13-14(5-7-15-13)4-2-8-16(9-6-14)11-12-3-1-10-18-12/h1,3,10H,2,4-9,11H2,(H,15,17)/t14-/m0/s1. The molecule has 2 aliphatic heterocycles. The third kappa shape index (κ3) is 2.17.